The van der Waals surface area contributed by atoms with Gasteiger partial charge in [0.05, 0.1) is 4.91 Å². The quantitative estimate of drug-likeness (QED) is 0.447. The molecule has 1 saturated carbocycles. The number of allylic oxidation sites excluding steroid dienone is 4. The third-order valence-electron chi connectivity index (χ3n) is 5.66. The van der Waals surface area contributed by atoms with E-state index in [1.54, 1.807) is 0 Å². The highest BCUT2D eigenvalue weighted by molar-refractivity contribution is 8.04. The predicted octanol–water partition coefficient (Wildman–Crippen LogP) is 3.62. The van der Waals surface area contributed by atoms with Gasteiger partial charge in [0, 0.05) is 29.8 Å². The fraction of sp³-hybridized carbons (Fsp3) is 0.368. The highest BCUT2D eigenvalue weighted by atomic mass is 35.5. The number of halogens is 2. The standard InChI is InChI=1S/C19H15Cl2NO2S/c20-18-11-6-7-12(10-11)19(18,21)17(24)15(14(16(18)23)22-8-9-22)25-13-4-2-1-3-5-13/h1-7,11-12H,8-10H2/t11-,12+,18-,19+/m1/s1. The van der Waals surface area contributed by atoms with Gasteiger partial charge in [-0.1, -0.05) is 42.1 Å². The van der Waals surface area contributed by atoms with Crippen molar-refractivity contribution in [2.24, 2.45) is 11.8 Å². The van der Waals surface area contributed by atoms with Gasteiger partial charge < -0.3 is 4.90 Å². The number of fused-ring (bicyclic) bond motifs is 5. The van der Waals surface area contributed by atoms with Crippen LogP contribution in [0, 0.1) is 11.8 Å². The van der Waals surface area contributed by atoms with Crippen molar-refractivity contribution in [2.75, 3.05) is 13.1 Å². The van der Waals surface area contributed by atoms with Crippen molar-refractivity contribution in [1.29, 1.82) is 0 Å². The van der Waals surface area contributed by atoms with Crippen molar-refractivity contribution < 1.29 is 9.59 Å². The molecule has 2 fully saturated rings. The molecule has 4 atom stereocenters. The van der Waals surface area contributed by atoms with Crippen LogP contribution in [0.3, 0.4) is 0 Å². The van der Waals surface area contributed by atoms with Crippen LogP contribution in [0.15, 0.2) is 58.0 Å². The lowest BCUT2D eigenvalue weighted by atomic mass is 9.71. The number of alkyl halides is 2. The minimum atomic E-state index is -1.37. The molecular weight excluding hydrogens is 377 g/mol. The van der Waals surface area contributed by atoms with E-state index in [-0.39, 0.29) is 23.4 Å². The van der Waals surface area contributed by atoms with Crippen LogP contribution in [0.2, 0.25) is 0 Å². The van der Waals surface area contributed by atoms with E-state index in [0.717, 1.165) is 18.0 Å². The Morgan fingerprint density at radius 3 is 2.16 bits per heavy atom. The third-order valence-corrected chi connectivity index (χ3v) is 8.35. The molecule has 3 nitrogen and oxygen atoms in total. The van der Waals surface area contributed by atoms with Gasteiger partial charge in [-0.3, -0.25) is 9.59 Å². The molecule has 0 unspecified atom stereocenters. The van der Waals surface area contributed by atoms with E-state index in [1.165, 1.54) is 11.8 Å². The molecule has 0 N–H and O–H groups in total. The Morgan fingerprint density at radius 2 is 1.56 bits per heavy atom. The van der Waals surface area contributed by atoms with Crippen molar-refractivity contribution in [1.82, 2.24) is 4.90 Å². The van der Waals surface area contributed by atoms with Crippen LogP contribution < -0.4 is 0 Å². The average molecular weight is 392 g/mol. The fourth-order valence-electron chi connectivity index (χ4n) is 4.31. The van der Waals surface area contributed by atoms with Crippen LogP contribution in [-0.2, 0) is 9.59 Å². The molecular formula is C19H15Cl2NO2S. The van der Waals surface area contributed by atoms with Gasteiger partial charge in [-0.05, 0) is 18.6 Å². The fourth-order valence-corrected chi connectivity index (χ4v) is 6.42. The zero-order valence-corrected chi connectivity index (χ0v) is 15.6. The van der Waals surface area contributed by atoms with E-state index in [2.05, 4.69) is 0 Å². The number of nitrogens with zero attached hydrogens (tertiary/aromatic N) is 1. The summed E-state index contributed by atoms with van der Waals surface area (Å²) < 4.78 is 0. The second kappa shape index (κ2) is 5.15. The smallest absolute Gasteiger partial charge is 0.203 e. The molecule has 2 bridgehead atoms. The van der Waals surface area contributed by atoms with Crippen LogP contribution in [0.4, 0.5) is 0 Å². The normalized spacial score (nSPS) is 38.6. The Balaban J connectivity index is 1.68. The van der Waals surface area contributed by atoms with E-state index in [0.29, 0.717) is 17.0 Å². The molecule has 128 valence electrons. The first-order valence-corrected chi connectivity index (χ1v) is 9.93. The molecule has 5 rings (SSSR count). The number of rotatable bonds is 3. The van der Waals surface area contributed by atoms with Gasteiger partial charge in [-0.2, -0.15) is 0 Å². The lowest BCUT2D eigenvalue weighted by molar-refractivity contribution is -0.128. The number of ketones is 2. The highest BCUT2D eigenvalue weighted by Gasteiger charge is 2.75. The SMILES string of the molecule is O=C1C(Sc2ccccc2)=C(N2CC2)C(=O)[C@]2(Cl)[C@@H]3C=C[C@@H](C3)[C@]12Cl. The van der Waals surface area contributed by atoms with E-state index in [1.807, 2.05) is 47.4 Å². The summed E-state index contributed by atoms with van der Waals surface area (Å²) in [7, 11) is 0. The number of thioether (sulfide) groups is 1. The Labute approximate surface area is 160 Å². The van der Waals surface area contributed by atoms with Gasteiger partial charge in [-0.25, -0.2) is 0 Å². The molecule has 1 aromatic rings. The zero-order valence-electron chi connectivity index (χ0n) is 13.2. The number of carbonyl (C=O) groups is 2. The lowest BCUT2D eigenvalue weighted by Gasteiger charge is -2.45. The number of Topliss-reactive ketones (excluding diaryl/α,β-unsaturated/α-hetero) is 2. The second-order valence-electron chi connectivity index (χ2n) is 7.00. The second-order valence-corrected chi connectivity index (χ2v) is 9.27. The Morgan fingerprint density at radius 1 is 0.960 bits per heavy atom. The summed E-state index contributed by atoms with van der Waals surface area (Å²) in [5, 5.41) is 0. The molecule has 6 heteroatoms. The van der Waals surface area contributed by atoms with Crippen molar-refractivity contribution in [3.63, 3.8) is 0 Å². The molecule has 1 saturated heterocycles. The summed E-state index contributed by atoms with van der Waals surface area (Å²) in [5.74, 6) is -0.741. The molecule has 1 aromatic carbocycles. The summed E-state index contributed by atoms with van der Waals surface area (Å²) in [6.07, 6.45) is 4.58. The van der Waals surface area contributed by atoms with Crippen molar-refractivity contribution >= 4 is 46.5 Å². The van der Waals surface area contributed by atoms with Gasteiger partial charge >= 0.3 is 0 Å². The Hall–Kier alpha value is -1.23. The molecule has 0 amide bonds. The predicted molar refractivity (Wildman–Crippen MR) is 98.8 cm³/mol. The first kappa shape index (κ1) is 16.0. The third kappa shape index (κ3) is 1.91. The molecule has 0 aromatic heterocycles. The number of benzene rings is 1. The summed E-state index contributed by atoms with van der Waals surface area (Å²) in [6, 6.07) is 9.61. The molecule has 3 aliphatic carbocycles. The van der Waals surface area contributed by atoms with Gasteiger partial charge in [-0.15, -0.1) is 23.2 Å². The molecule has 1 aliphatic heterocycles. The van der Waals surface area contributed by atoms with Crippen LogP contribution in [0.1, 0.15) is 6.42 Å². The minimum Gasteiger partial charge on any atom is -0.364 e. The molecule has 1 heterocycles. The van der Waals surface area contributed by atoms with E-state index >= 15 is 0 Å². The largest absolute Gasteiger partial charge is 0.364 e. The first-order chi connectivity index (χ1) is 12.0. The molecule has 0 radical (unpaired) electrons. The lowest BCUT2D eigenvalue weighted by Crippen LogP contribution is -2.63. The maximum atomic E-state index is 13.5. The first-order valence-electron chi connectivity index (χ1n) is 8.36. The van der Waals surface area contributed by atoms with Gasteiger partial charge in [0.2, 0.25) is 5.78 Å². The Bertz CT molecular complexity index is 863. The summed E-state index contributed by atoms with van der Waals surface area (Å²) >= 11 is 15.1. The van der Waals surface area contributed by atoms with E-state index < -0.39 is 9.75 Å². The van der Waals surface area contributed by atoms with Gasteiger partial charge in [0.15, 0.2) is 5.78 Å². The van der Waals surface area contributed by atoms with Crippen LogP contribution in [-0.4, -0.2) is 39.3 Å². The summed E-state index contributed by atoms with van der Waals surface area (Å²) in [6.45, 7) is 1.55. The maximum absolute atomic E-state index is 13.5. The highest BCUT2D eigenvalue weighted by Crippen LogP contribution is 2.65. The van der Waals surface area contributed by atoms with Crippen molar-refractivity contribution in [3.05, 3.63) is 53.1 Å². The van der Waals surface area contributed by atoms with Crippen molar-refractivity contribution in [3.8, 4) is 0 Å². The van der Waals surface area contributed by atoms with Gasteiger partial charge in [0.25, 0.3) is 0 Å². The Kier molecular flexibility index (Phi) is 3.29. The van der Waals surface area contributed by atoms with Crippen LogP contribution in [0.25, 0.3) is 0 Å². The van der Waals surface area contributed by atoms with Crippen LogP contribution >= 0.6 is 35.0 Å². The van der Waals surface area contributed by atoms with Crippen molar-refractivity contribution in [2.45, 2.75) is 21.1 Å². The molecule has 4 aliphatic rings. The maximum Gasteiger partial charge on any atom is 0.203 e. The summed E-state index contributed by atoms with van der Waals surface area (Å²) in [5.41, 5.74) is 0.464. The number of carbonyl (C=O) groups excluding carboxylic acids is 2. The molecule has 0 spiro atoms. The van der Waals surface area contributed by atoms with E-state index in [9.17, 15) is 9.59 Å². The van der Waals surface area contributed by atoms with Crippen LogP contribution in [0.5, 0.6) is 0 Å². The monoisotopic (exact) mass is 391 g/mol. The summed E-state index contributed by atoms with van der Waals surface area (Å²) in [4.78, 5) is 27.5. The minimum absolute atomic E-state index is 0.175. The zero-order chi connectivity index (χ0) is 17.4. The number of hydrogen-bond acceptors (Lipinski definition) is 4. The number of hydrogen-bond donors (Lipinski definition) is 0. The topological polar surface area (TPSA) is 37.1 Å². The molecule has 25 heavy (non-hydrogen) atoms. The average Bonchev–Trinajstić information content (AvgIpc) is 3.27. The van der Waals surface area contributed by atoms with E-state index in [4.69, 9.17) is 23.2 Å². The van der Waals surface area contributed by atoms with Gasteiger partial charge in [0.1, 0.15) is 15.4 Å².